The predicted octanol–water partition coefficient (Wildman–Crippen LogP) is 3.63. The van der Waals surface area contributed by atoms with Gasteiger partial charge in [-0.3, -0.25) is 4.79 Å². The second-order valence-corrected chi connectivity index (χ2v) is 6.57. The number of halogens is 3. The molecule has 1 aromatic carbocycles. The summed E-state index contributed by atoms with van der Waals surface area (Å²) < 4.78 is 39.9. The van der Waals surface area contributed by atoms with Crippen molar-refractivity contribution in [1.82, 2.24) is 20.1 Å². The number of alkyl halides is 3. The van der Waals surface area contributed by atoms with Crippen LogP contribution >= 0.6 is 0 Å². The topological polar surface area (TPSA) is 71.8 Å². The van der Waals surface area contributed by atoms with Crippen LogP contribution in [0, 0.1) is 13.8 Å². The number of rotatable bonds is 6. The average molecular weight is 403 g/mol. The van der Waals surface area contributed by atoms with Gasteiger partial charge < -0.3 is 10.6 Å². The molecule has 0 aliphatic heterocycles. The molecule has 6 nitrogen and oxygen atoms in total. The number of hydrogen-bond acceptors (Lipinski definition) is 4. The fraction of sp³-hybridized carbons (Fsp3) is 0.250. The van der Waals surface area contributed by atoms with Crippen LogP contribution in [0.15, 0.2) is 48.7 Å². The number of aromatic nitrogens is 3. The fourth-order valence-electron chi connectivity index (χ4n) is 2.76. The van der Waals surface area contributed by atoms with Gasteiger partial charge >= 0.3 is 6.18 Å². The minimum absolute atomic E-state index is 0.140. The Hall–Kier alpha value is -3.36. The Balaban J connectivity index is 1.51. The van der Waals surface area contributed by atoms with E-state index < -0.39 is 11.7 Å². The van der Waals surface area contributed by atoms with Crippen LogP contribution in [0.25, 0.3) is 5.82 Å². The molecule has 0 aliphatic rings. The molecule has 2 aromatic heterocycles. The number of carbonyl (C=O) groups excluding carboxylic acids is 1. The van der Waals surface area contributed by atoms with Crippen molar-refractivity contribution in [3.8, 4) is 5.82 Å². The summed E-state index contributed by atoms with van der Waals surface area (Å²) in [6.45, 7) is 3.96. The molecule has 0 atom stereocenters. The zero-order chi connectivity index (χ0) is 21.0. The van der Waals surface area contributed by atoms with E-state index in [9.17, 15) is 18.0 Å². The van der Waals surface area contributed by atoms with Gasteiger partial charge in [-0.2, -0.15) is 18.3 Å². The van der Waals surface area contributed by atoms with Crippen LogP contribution in [0.2, 0.25) is 0 Å². The number of hydrogen-bond donors (Lipinski definition) is 2. The molecule has 9 heteroatoms. The van der Waals surface area contributed by atoms with Crippen molar-refractivity contribution in [1.29, 1.82) is 0 Å². The quantitative estimate of drug-likeness (QED) is 0.659. The highest BCUT2D eigenvalue weighted by Crippen LogP contribution is 2.30. The number of anilines is 1. The summed E-state index contributed by atoms with van der Waals surface area (Å²) in [6, 6.07) is 10.3. The first-order chi connectivity index (χ1) is 13.7. The lowest BCUT2D eigenvalue weighted by molar-refractivity contribution is -0.137. The molecule has 2 heterocycles. The largest absolute Gasteiger partial charge is 0.416 e. The molecular weight excluding hydrogens is 383 g/mol. The number of nitrogens with zero attached hydrogens (tertiary/aromatic N) is 3. The molecule has 0 aliphatic carbocycles. The second kappa shape index (κ2) is 8.34. The van der Waals surface area contributed by atoms with Gasteiger partial charge in [-0.15, -0.1) is 0 Å². The molecule has 0 saturated heterocycles. The van der Waals surface area contributed by atoms with Gasteiger partial charge in [-0.1, -0.05) is 12.1 Å². The van der Waals surface area contributed by atoms with E-state index in [1.165, 1.54) is 12.1 Å². The lowest BCUT2D eigenvalue weighted by Gasteiger charge is -2.11. The Morgan fingerprint density at radius 1 is 1.14 bits per heavy atom. The Morgan fingerprint density at radius 2 is 1.93 bits per heavy atom. The first-order valence-electron chi connectivity index (χ1n) is 8.89. The standard InChI is InChI=1S/C20H20F3N5O/c1-13-8-14(2)28(27-13)18-7-6-15(10-25-18)11-26-19(29)12-24-17-5-3-4-16(9-17)20(21,22)23/h3-10,24H,11-12H2,1-2H3,(H,26,29). The smallest absolute Gasteiger partial charge is 0.376 e. The van der Waals surface area contributed by atoms with E-state index in [0.717, 1.165) is 29.1 Å². The van der Waals surface area contributed by atoms with E-state index in [1.807, 2.05) is 32.0 Å². The third-order valence-electron chi connectivity index (χ3n) is 4.17. The molecule has 3 aromatic rings. The van der Waals surface area contributed by atoms with Crippen molar-refractivity contribution in [2.24, 2.45) is 0 Å². The van der Waals surface area contributed by atoms with Gasteiger partial charge in [0.05, 0.1) is 17.8 Å². The molecule has 0 unspecified atom stereocenters. The van der Waals surface area contributed by atoms with Crippen molar-refractivity contribution in [2.45, 2.75) is 26.6 Å². The summed E-state index contributed by atoms with van der Waals surface area (Å²) in [5, 5.41) is 9.76. The Morgan fingerprint density at radius 3 is 2.55 bits per heavy atom. The molecule has 3 rings (SSSR count). The summed E-state index contributed by atoms with van der Waals surface area (Å²) in [6.07, 6.45) is -2.78. The molecule has 0 fully saturated rings. The molecule has 152 valence electrons. The maximum Gasteiger partial charge on any atom is 0.416 e. The number of carbonyl (C=O) groups is 1. The first kappa shape index (κ1) is 20.4. The number of aryl methyl sites for hydroxylation is 2. The summed E-state index contributed by atoms with van der Waals surface area (Å²) in [4.78, 5) is 16.3. The summed E-state index contributed by atoms with van der Waals surface area (Å²) in [5.41, 5.74) is 2.12. The molecule has 2 N–H and O–H groups in total. The lowest BCUT2D eigenvalue weighted by atomic mass is 10.2. The molecule has 0 spiro atoms. The Labute approximate surface area is 165 Å². The van der Waals surface area contributed by atoms with Crippen molar-refractivity contribution in [3.63, 3.8) is 0 Å². The molecular formula is C20H20F3N5O. The lowest BCUT2D eigenvalue weighted by Crippen LogP contribution is -2.29. The van der Waals surface area contributed by atoms with Crippen LogP contribution in [0.3, 0.4) is 0 Å². The van der Waals surface area contributed by atoms with Gasteiger partial charge in [-0.25, -0.2) is 9.67 Å². The minimum Gasteiger partial charge on any atom is -0.376 e. The van der Waals surface area contributed by atoms with Crippen LogP contribution in [-0.2, 0) is 17.5 Å². The molecule has 0 radical (unpaired) electrons. The summed E-state index contributed by atoms with van der Waals surface area (Å²) in [7, 11) is 0. The van der Waals surface area contributed by atoms with Crippen LogP contribution in [-0.4, -0.2) is 27.2 Å². The van der Waals surface area contributed by atoms with Crippen molar-refractivity contribution >= 4 is 11.6 Å². The minimum atomic E-state index is -4.42. The van der Waals surface area contributed by atoms with E-state index in [2.05, 4.69) is 20.7 Å². The third kappa shape index (κ3) is 5.34. The molecule has 0 saturated carbocycles. The Bertz CT molecular complexity index is 996. The monoisotopic (exact) mass is 403 g/mol. The van der Waals surface area contributed by atoms with Crippen molar-refractivity contribution in [2.75, 3.05) is 11.9 Å². The normalized spacial score (nSPS) is 11.3. The zero-order valence-electron chi connectivity index (χ0n) is 15.9. The van der Waals surface area contributed by atoms with Gasteiger partial charge in [0.15, 0.2) is 5.82 Å². The maximum atomic E-state index is 12.7. The molecule has 0 bridgehead atoms. The Kier molecular flexibility index (Phi) is 5.86. The van der Waals surface area contributed by atoms with Gasteiger partial charge in [0.25, 0.3) is 0 Å². The van der Waals surface area contributed by atoms with Crippen LogP contribution in [0.5, 0.6) is 0 Å². The van der Waals surface area contributed by atoms with Gasteiger partial charge in [0.1, 0.15) is 0 Å². The van der Waals surface area contributed by atoms with E-state index in [0.29, 0.717) is 5.82 Å². The highest BCUT2D eigenvalue weighted by Gasteiger charge is 2.30. The van der Waals surface area contributed by atoms with E-state index in [1.54, 1.807) is 10.9 Å². The van der Waals surface area contributed by atoms with E-state index >= 15 is 0 Å². The highest BCUT2D eigenvalue weighted by molar-refractivity contribution is 5.80. The second-order valence-electron chi connectivity index (χ2n) is 6.57. The number of amides is 1. The first-order valence-corrected chi connectivity index (χ1v) is 8.89. The fourth-order valence-corrected chi connectivity index (χ4v) is 2.76. The van der Waals surface area contributed by atoms with E-state index in [4.69, 9.17) is 0 Å². The predicted molar refractivity (Wildman–Crippen MR) is 103 cm³/mol. The summed E-state index contributed by atoms with van der Waals surface area (Å²) in [5.74, 6) is 0.335. The van der Waals surface area contributed by atoms with Crippen LogP contribution in [0.1, 0.15) is 22.5 Å². The van der Waals surface area contributed by atoms with Gasteiger partial charge in [-0.05, 0) is 49.7 Å². The maximum absolute atomic E-state index is 12.7. The van der Waals surface area contributed by atoms with Crippen LogP contribution in [0.4, 0.5) is 18.9 Å². The van der Waals surface area contributed by atoms with Gasteiger partial charge in [0.2, 0.25) is 5.91 Å². The number of nitrogens with one attached hydrogen (secondary N) is 2. The zero-order valence-corrected chi connectivity index (χ0v) is 15.9. The summed E-state index contributed by atoms with van der Waals surface area (Å²) >= 11 is 0. The third-order valence-corrected chi connectivity index (χ3v) is 4.17. The van der Waals surface area contributed by atoms with Gasteiger partial charge in [0, 0.05) is 24.1 Å². The van der Waals surface area contributed by atoms with Crippen LogP contribution < -0.4 is 10.6 Å². The molecule has 29 heavy (non-hydrogen) atoms. The van der Waals surface area contributed by atoms with E-state index in [-0.39, 0.29) is 24.7 Å². The number of benzene rings is 1. The van der Waals surface area contributed by atoms with Crippen molar-refractivity contribution < 1.29 is 18.0 Å². The number of pyridine rings is 1. The average Bonchev–Trinajstić information content (AvgIpc) is 3.03. The van der Waals surface area contributed by atoms with Crippen molar-refractivity contribution in [3.05, 3.63) is 71.2 Å². The highest BCUT2D eigenvalue weighted by atomic mass is 19.4. The SMILES string of the molecule is Cc1cc(C)n(-c2ccc(CNC(=O)CNc3cccc(C(F)(F)F)c3)cn2)n1. The molecule has 1 amide bonds.